The topological polar surface area (TPSA) is 147 Å². The number of allylic oxidation sites excluding steroid dienone is 3. The number of hydrogen-bond donors (Lipinski definition) is 1. The van der Waals surface area contributed by atoms with Gasteiger partial charge in [-0.2, -0.15) is 0 Å². The van der Waals surface area contributed by atoms with Crippen molar-refractivity contribution in [3.8, 4) is 0 Å². The number of rotatable bonds is 11. The summed E-state index contributed by atoms with van der Waals surface area (Å²) in [5.74, 6) is -6.04. The van der Waals surface area contributed by atoms with Gasteiger partial charge in [0.15, 0.2) is 0 Å². The molecule has 12 heteroatoms. The summed E-state index contributed by atoms with van der Waals surface area (Å²) in [5.41, 5.74) is 3.26. The number of carbonyl (C=O) groups is 4. The van der Waals surface area contributed by atoms with Gasteiger partial charge < -0.3 is 38.4 Å². The summed E-state index contributed by atoms with van der Waals surface area (Å²) < 4.78 is 37.0. The first-order valence-corrected chi connectivity index (χ1v) is 24.2. The van der Waals surface area contributed by atoms with Crippen molar-refractivity contribution in [3.05, 3.63) is 59.2 Å². The summed E-state index contributed by atoms with van der Waals surface area (Å²) in [6, 6.07) is 9.38. The number of ketones is 2. The molecule has 3 heterocycles. The summed E-state index contributed by atoms with van der Waals surface area (Å²) in [6.07, 6.45) is 10.4. The molecule has 0 spiro atoms. The molecule has 13 atom stereocenters. The molecule has 358 valence electrons. The van der Waals surface area contributed by atoms with Gasteiger partial charge >= 0.3 is 5.97 Å². The van der Waals surface area contributed by atoms with Gasteiger partial charge in [0.1, 0.15) is 24.0 Å². The molecule has 13 unspecified atom stereocenters. The minimum Gasteiger partial charge on any atom is -0.456 e. The van der Waals surface area contributed by atoms with Crippen LogP contribution >= 0.6 is 0 Å². The van der Waals surface area contributed by atoms with Crippen LogP contribution in [-0.2, 0) is 54.0 Å². The van der Waals surface area contributed by atoms with Crippen LogP contribution in [0.1, 0.15) is 131 Å². The molecule has 1 amide bonds. The first-order valence-electron chi connectivity index (χ1n) is 24.2. The molecule has 1 aliphatic carbocycles. The van der Waals surface area contributed by atoms with E-state index in [1.807, 2.05) is 33.8 Å². The lowest BCUT2D eigenvalue weighted by Crippen LogP contribution is -2.64. The highest BCUT2D eigenvalue weighted by Crippen LogP contribution is 2.39. The molecule has 1 N–H and O–H groups in total. The summed E-state index contributed by atoms with van der Waals surface area (Å²) >= 11 is 0. The van der Waals surface area contributed by atoms with E-state index in [9.17, 15) is 24.3 Å². The standard InChI is InChI=1S/C52H79NO11/c1-10-40-28-33(2)27-34(3)29-45(60-8)48-46(61-9)31-37(6)52(58,64-48)49(55)50(56)53-25-15-14-20-41(53)51(57)63-47(35(4)21-23-42(40)54)36(5)30-39-22-24-43(44(32-39)59-7)62-26-16-19-38-17-12-11-13-18-38/h11-13,17-18,28,30,34-35,37,39-41,43-48,58H,10,14-16,19-27,29,31-32H2,1-9H3. The molecule has 1 aromatic carbocycles. The number of esters is 1. The van der Waals surface area contributed by atoms with Crippen LogP contribution in [0.3, 0.4) is 0 Å². The maximum atomic E-state index is 14.5. The molecule has 0 radical (unpaired) electrons. The van der Waals surface area contributed by atoms with Gasteiger partial charge in [-0.1, -0.05) is 75.8 Å². The maximum Gasteiger partial charge on any atom is 0.329 e. The number of methoxy groups -OCH3 is 3. The van der Waals surface area contributed by atoms with Crippen LogP contribution in [0.4, 0.5) is 0 Å². The fraction of sp³-hybridized carbons (Fsp3) is 0.731. The van der Waals surface area contributed by atoms with E-state index in [1.54, 1.807) is 28.3 Å². The number of aryl methyl sites for hydroxylation is 1. The summed E-state index contributed by atoms with van der Waals surface area (Å²) in [5, 5.41) is 12.1. The number of Topliss-reactive ketones (excluding diaryl/α,β-unsaturated/α-hetero) is 2. The quantitative estimate of drug-likeness (QED) is 0.0994. The van der Waals surface area contributed by atoms with Gasteiger partial charge in [-0.3, -0.25) is 14.4 Å². The lowest BCUT2D eigenvalue weighted by molar-refractivity contribution is -0.302. The predicted octanol–water partition coefficient (Wildman–Crippen LogP) is 8.16. The van der Waals surface area contributed by atoms with E-state index in [0.717, 1.165) is 43.3 Å². The molecule has 0 aromatic heterocycles. The van der Waals surface area contributed by atoms with Gasteiger partial charge in [0.2, 0.25) is 5.79 Å². The third kappa shape index (κ3) is 13.2. The molecule has 2 saturated heterocycles. The number of ether oxygens (including phenoxy) is 6. The van der Waals surface area contributed by atoms with Crippen molar-refractivity contribution in [1.82, 2.24) is 4.90 Å². The number of amides is 1. The molecular weight excluding hydrogens is 815 g/mol. The normalized spacial score (nSPS) is 35.8. The second-order valence-electron chi connectivity index (χ2n) is 19.5. The van der Waals surface area contributed by atoms with Gasteiger partial charge in [0, 0.05) is 52.7 Å². The Labute approximate surface area is 383 Å². The Morgan fingerprint density at radius 3 is 2.28 bits per heavy atom. The van der Waals surface area contributed by atoms with Crippen LogP contribution in [0.15, 0.2) is 53.6 Å². The number of carbonyl (C=O) groups excluding carboxylic acids is 4. The molecular formula is C52H79NO11. The highest BCUT2D eigenvalue weighted by atomic mass is 16.7. The monoisotopic (exact) mass is 894 g/mol. The second-order valence-corrected chi connectivity index (χ2v) is 19.5. The second kappa shape index (κ2) is 24.5. The van der Waals surface area contributed by atoms with Crippen LogP contribution in [-0.4, -0.2) is 116 Å². The Bertz CT molecular complexity index is 1750. The lowest BCUT2D eigenvalue weighted by atomic mass is 9.82. The number of piperidine rings is 1. The molecule has 4 aliphatic rings. The maximum absolute atomic E-state index is 14.5. The van der Waals surface area contributed by atoms with E-state index in [0.29, 0.717) is 58.0 Å². The fourth-order valence-corrected chi connectivity index (χ4v) is 10.7. The largest absolute Gasteiger partial charge is 0.456 e. The van der Waals surface area contributed by atoms with E-state index in [2.05, 4.69) is 43.3 Å². The molecule has 12 nitrogen and oxygen atoms in total. The molecule has 3 aliphatic heterocycles. The van der Waals surface area contributed by atoms with E-state index in [-0.39, 0.29) is 54.6 Å². The smallest absolute Gasteiger partial charge is 0.329 e. The molecule has 3 fully saturated rings. The number of fused-ring (bicyclic) bond motifs is 3. The molecule has 1 aromatic rings. The van der Waals surface area contributed by atoms with Crippen LogP contribution in [0, 0.1) is 29.6 Å². The van der Waals surface area contributed by atoms with Crippen LogP contribution in [0.25, 0.3) is 0 Å². The highest BCUT2D eigenvalue weighted by molar-refractivity contribution is 6.39. The number of cyclic esters (lactones) is 1. The Kier molecular flexibility index (Phi) is 19.8. The van der Waals surface area contributed by atoms with Crippen molar-refractivity contribution in [2.24, 2.45) is 29.6 Å². The summed E-state index contributed by atoms with van der Waals surface area (Å²) in [6.45, 7) is 12.7. The Hall–Kier alpha value is -3.26. The highest BCUT2D eigenvalue weighted by Gasteiger charge is 2.56. The average Bonchev–Trinajstić information content (AvgIpc) is 3.30. The van der Waals surface area contributed by atoms with Gasteiger partial charge in [0.25, 0.3) is 11.7 Å². The number of benzene rings is 1. The zero-order valence-corrected chi connectivity index (χ0v) is 40.3. The molecule has 5 rings (SSSR count). The van der Waals surface area contributed by atoms with Crippen molar-refractivity contribution < 1.29 is 52.7 Å². The van der Waals surface area contributed by atoms with Gasteiger partial charge in [-0.15, -0.1) is 0 Å². The molecule has 2 bridgehead atoms. The predicted molar refractivity (Wildman–Crippen MR) is 245 cm³/mol. The minimum absolute atomic E-state index is 0.0126. The Morgan fingerprint density at radius 2 is 1.59 bits per heavy atom. The third-order valence-electron chi connectivity index (χ3n) is 14.5. The molecule has 1 saturated carbocycles. The van der Waals surface area contributed by atoms with E-state index in [4.69, 9.17) is 28.4 Å². The average molecular weight is 894 g/mol. The van der Waals surface area contributed by atoms with Crippen molar-refractivity contribution in [3.63, 3.8) is 0 Å². The number of nitrogens with zero attached hydrogens (tertiary/aromatic N) is 1. The number of hydrogen-bond acceptors (Lipinski definition) is 11. The Morgan fingerprint density at radius 1 is 0.891 bits per heavy atom. The van der Waals surface area contributed by atoms with Crippen LogP contribution in [0.2, 0.25) is 0 Å². The van der Waals surface area contributed by atoms with Crippen LogP contribution < -0.4 is 0 Å². The van der Waals surface area contributed by atoms with Crippen molar-refractivity contribution in [2.75, 3.05) is 34.5 Å². The van der Waals surface area contributed by atoms with E-state index < -0.39 is 59.8 Å². The zero-order chi connectivity index (χ0) is 46.6. The van der Waals surface area contributed by atoms with Gasteiger partial charge in [-0.25, -0.2) is 4.79 Å². The fourth-order valence-electron chi connectivity index (χ4n) is 10.7. The third-order valence-corrected chi connectivity index (χ3v) is 14.5. The Balaban J connectivity index is 1.41. The first kappa shape index (κ1) is 51.7. The summed E-state index contributed by atoms with van der Waals surface area (Å²) in [7, 11) is 4.85. The van der Waals surface area contributed by atoms with Gasteiger partial charge in [-0.05, 0) is 126 Å². The number of aliphatic hydroxyl groups is 1. The van der Waals surface area contributed by atoms with Crippen LogP contribution in [0.5, 0.6) is 0 Å². The van der Waals surface area contributed by atoms with Gasteiger partial charge in [0.05, 0.1) is 24.4 Å². The minimum atomic E-state index is -2.46. The van der Waals surface area contributed by atoms with E-state index >= 15 is 0 Å². The zero-order valence-electron chi connectivity index (χ0n) is 40.3. The first-order chi connectivity index (χ1) is 30.6. The SMILES string of the molecule is CCC1C=C(C)CC(C)CC(OC)C2OC(O)(C(=O)C(=O)N3CCCCC3C(=O)OC(C(C)=CC3CCC(OCCCc4ccccc4)C(OC)C3)C(C)CCC1=O)C(C)CC2OC. The lowest BCUT2D eigenvalue weighted by Gasteiger charge is -2.47. The van der Waals surface area contributed by atoms with E-state index in [1.165, 1.54) is 10.5 Å². The van der Waals surface area contributed by atoms with Crippen molar-refractivity contribution >= 4 is 23.4 Å². The van der Waals surface area contributed by atoms with Crippen molar-refractivity contribution in [1.29, 1.82) is 0 Å². The molecule has 64 heavy (non-hydrogen) atoms. The summed E-state index contributed by atoms with van der Waals surface area (Å²) in [4.78, 5) is 58.3. The van der Waals surface area contributed by atoms with Crippen molar-refractivity contribution in [2.45, 2.75) is 180 Å².